The van der Waals surface area contributed by atoms with Gasteiger partial charge in [0.2, 0.25) is 9.47 Å². The molecule has 2 heterocycles. The largest absolute Gasteiger partial charge is 0.416 e. The third-order valence-corrected chi connectivity index (χ3v) is 8.36. The van der Waals surface area contributed by atoms with Crippen LogP contribution in [0.5, 0.6) is 0 Å². The van der Waals surface area contributed by atoms with Gasteiger partial charge in [0.05, 0.1) is 5.56 Å². The molecule has 0 atom stereocenters. The molecule has 4 rings (SSSR count). The van der Waals surface area contributed by atoms with E-state index < -0.39 is 27.7 Å². The van der Waals surface area contributed by atoms with Crippen molar-refractivity contribution in [3.63, 3.8) is 0 Å². The molecule has 13 heteroatoms. The first kappa shape index (κ1) is 24.1. The van der Waals surface area contributed by atoms with Crippen molar-refractivity contribution in [2.45, 2.75) is 17.4 Å². The van der Waals surface area contributed by atoms with Crippen molar-refractivity contribution in [3.8, 4) is 0 Å². The molecule has 1 aliphatic heterocycles. The van der Waals surface area contributed by atoms with E-state index in [1.54, 1.807) is 35.2 Å². The third-order valence-electron chi connectivity index (χ3n) is 5.28. The lowest BCUT2D eigenvalue weighted by Crippen LogP contribution is -2.48. The number of hydrogen-bond donors (Lipinski definition) is 1. The first-order valence-electron chi connectivity index (χ1n) is 10.2. The van der Waals surface area contributed by atoms with Crippen LogP contribution in [-0.4, -0.2) is 55.0 Å². The minimum absolute atomic E-state index is 0.0479. The van der Waals surface area contributed by atoms with Gasteiger partial charge in [-0.3, -0.25) is 10.1 Å². The standard InChI is InChI=1S/C21H20F3N5O3S2/c1-14-5-7-15(8-6-14)18(30)25-19-26-27-20(33-19)34(31,32)29-11-9-28(10-12-29)17-4-2-3-16(13-17)21(22,23)24/h2-8,13H,9-12H2,1H3,(H,25,26,30). The minimum Gasteiger partial charge on any atom is -0.369 e. The highest BCUT2D eigenvalue weighted by Crippen LogP contribution is 2.32. The Kier molecular flexibility index (Phi) is 6.60. The van der Waals surface area contributed by atoms with E-state index in [1.807, 2.05) is 6.92 Å². The Hall–Kier alpha value is -3.03. The molecule has 34 heavy (non-hydrogen) atoms. The summed E-state index contributed by atoms with van der Waals surface area (Å²) in [7, 11) is -3.96. The number of benzene rings is 2. The smallest absolute Gasteiger partial charge is 0.369 e. The fraction of sp³-hybridized carbons (Fsp3) is 0.286. The Balaban J connectivity index is 1.41. The highest BCUT2D eigenvalue weighted by Gasteiger charge is 2.34. The van der Waals surface area contributed by atoms with E-state index in [4.69, 9.17) is 0 Å². The molecule has 1 aromatic heterocycles. The second-order valence-electron chi connectivity index (χ2n) is 7.63. The lowest BCUT2D eigenvalue weighted by atomic mass is 10.1. The molecule has 0 spiro atoms. The molecule has 1 amide bonds. The zero-order valence-corrected chi connectivity index (χ0v) is 19.5. The number of nitrogens with one attached hydrogen (secondary N) is 1. The van der Waals surface area contributed by atoms with E-state index in [2.05, 4.69) is 15.5 Å². The second-order valence-corrected chi connectivity index (χ2v) is 10.7. The number of aryl methyl sites for hydroxylation is 1. The van der Waals surface area contributed by atoms with Gasteiger partial charge in [-0.1, -0.05) is 35.1 Å². The first-order valence-corrected chi connectivity index (χ1v) is 12.4. The monoisotopic (exact) mass is 511 g/mol. The van der Waals surface area contributed by atoms with Crippen molar-refractivity contribution in [1.29, 1.82) is 0 Å². The summed E-state index contributed by atoms with van der Waals surface area (Å²) in [5.74, 6) is -0.435. The summed E-state index contributed by atoms with van der Waals surface area (Å²) in [6.45, 7) is 2.47. The molecule has 180 valence electrons. The summed E-state index contributed by atoms with van der Waals surface area (Å²) < 4.78 is 65.9. The van der Waals surface area contributed by atoms with Crippen LogP contribution in [0.4, 0.5) is 24.0 Å². The molecule has 0 saturated carbocycles. The number of amides is 1. The van der Waals surface area contributed by atoms with Crippen LogP contribution >= 0.6 is 11.3 Å². The van der Waals surface area contributed by atoms with Gasteiger partial charge >= 0.3 is 6.18 Å². The highest BCUT2D eigenvalue weighted by molar-refractivity contribution is 7.91. The summed E-state index contributed by atoms with van der Waals surface area (Å²) in [5, 5.41) is 10.1. The quantitative estimate of drug-likeness (QED) is 0.526. The molecule has 0 bridgehead atoms. The minimum atomic E-state index is -4.45. The van der Waals surface area contributed by atoms with Gasteiger partial charge in [0.1, 0.15) is 0 Å². The van der Waals surface area contributed by atoms with E-state index >= 15 is 0 Å². The molecule has 0 radical (unpaired) electrons. The maximum absolute atomic E-state index is 13.0. The predicted molar refractivity (Wildman–Crippen MR) is 121 cm³/mol. The normalized spacial score (nSPS) is 15.4. The Morgan fingerprint density at radius 2 is 1.71 bits per heavy atom. The van der Waals surface area contributed by atoms with Gasteiger partial charge in [-0.05, 0) is 37.3 Å². The van der Waals surface area contributed by atoms with Gasteiger partial charge < -0.3 is 4.90 Å². The summed E-state index contributed by atoms with van der Waals surface area (Å²) in [5.41, 5.74) is 1.02. The van der Waals surface area contributed by atoms with Gasteiger partial charge in [-0.25, -0.2) is 8.42 Å². The van der Waals surface area contributed by atoms with Crippen molar-refractivity contribution in [2.24, 2.45) is 0 Å². The second kappa shape index (κ2) is 9.31. The number of halogens is 3. The van der Waals surface area contributed by atoms with Crippen LogP contribution in [0.3, 0.4) is 0 Å². The number of anilines is 2. The van der Waals surface area contributed by atoms with Crippen molar-refractivity contribution in [3.05, 3.63) is 65.2 Å². The number of piperazine rings is 1. The van der Waals surface area contributed by atoms with Gasteiger partial charge in [0, 0.05) is 37.4 Å². The topological polar surface area (TPSA) is 95.5 Å². The van der Waals surface area contributed by atoms with Crippen LogP contribution in [-0.2, 0) is 16.2 Å². The van der Waals surface area contributed by atoms with E-state index in [9.17, 15) is 26.4 Å². The molecule has 3 aromatic rings. The van der Waals surface area contributed by atoms with Gasteiger partial charge in [0.25, 0.3) is 15.9 Å². The molecule has 2 aromatic carbocycles. The van der Waals surface area contributed by atoms with E-state index in [0.717, 1.165) is 29.0 Å². The fourth-order valence-corrected chi connectivity index (χ4v) is 5.87. The summed E-state index contributed by atoms with van der Waals surface area (Å²) >= 11 is 0.739. The van der Waals surface area contributed by atoms with Gasteiger partial charge in [0.15, 0.2) is 0 Å². The zero-order valence-electron chi connectivity index (χ0n) is 17.9. The number of carbonyl (C=O) groups is 1. The lowest BCUT2D eigenvalue weighted by molar-refractivity contribution is -0.137. The average Bonchev–Trinajstić information content (AvgIpc) is 3.28. The average molecular weight is 512 g/mol. The molecule has 1 N–H and O–H groups in total. The predicted octanol–water partition coefficient (Wildman–Crippen LogP) is 3.63. The Morgan fingerprint density at radius 3 is 2.35 bits per heavy atom. The number of alkyl halides is 3. The van der Waals surface area contributed by atoms with Crippen molar-refractivity contribution in [1.82, 2.24) is 14.5 Å². The molecule has 8 nitrogen and oxygen atoms in total. The number of aromatic nitrogens is 2. The number of sulfonamides is 1. The molecule has 0 unspecified atom stereocenters. The zero-order chi connectivity index (χ0) is 24.5. The SMILES string of the molecule is Cc1ccc(C(=O)Nc2nnc(S(=O)(=O)N3CCN(c4cccc(C(F)(F)F)c4)CC3)s2)cc1. The Labute approximate surface area is 198 Å². The number of nitrogens with zero attached hydrogens (tertiary/aromatic N) is 4. The molecule has 1 aliphatic rings. The van der Waals surface area contributed by atoms with Crippen LogP contribution in [0.25, 0.3) is 0 Å². The Morgan fingerprint density at radius 1 is 1.03 bits per heavy atom. The summed E-state index contributed by atoms with van der Waals surface area (Å²) in [6, 6.07) is 11.8. The maximum Gasteiger partial charge on any atom is 0.416 e. The van der Waals surface area contributed by atoms with Crippen molar-refractivity contribution < 1.29 is 26.4 Å². The van der Waals surface area contributed by atoms with Crippen LogP contribution in [0.1, 0.15) is 21.5 Å². The molecule has 0 aliphatic carbocycles. The number of rotatable bonds is 5. The molecule has 1 saturated heterocycles. The lowest BCUT2D eigenvalue weighted by Gasteiger charge is -2.35. The maximum atomic E-state index is 13.0. The fourth-order valence-electron chi connectivity index (χ4n) is 3.41. The summed E-state index contributed by atoms with van der Waals surface area (Å²) in [4.78, 5) is 14.0. The van der Waals surface area contributed by atoms with Crippen LogP contribution in [0, 0.1) is 6.92 Å². The van der Waals surface area contributed by atoms with Crippen LogP contribution < -0.4 is 10.2 Å². The van der Waals surface area contributed by atoms with E-state index in [-0.39, 0.29) is 35.7 Å². The Bertz CT molecular complexity index is 1290. The van der Waals surface area contributed by atoms with E-state index in [1.165, 1.54) is 10.4 Å². The van der Waals surface area contributed by atoms with Crippen LogP contribution in [0.15, 0.2) is 52.9 Å². The molecule has 1 fully saturated rings. The van der Waals surface area contributed by atoms with E-state index in [0.29, 0.717) is 11.3 Å². The third kappa shape index (κ3) is 5.21. The number of carbonyl (C=O) groups excluding carboxylic acids is 1. The molecular weight excluding hydrogens is 491 g/mol. The van der Waals surface area contributed by atoms with Crippen molar-refractivity contribution in [2.75, 3.05) is 36.4 Å². The van der Waals surface area contributed by atoms with Crippen LogP contribution in [0.2, 0.25) is 0 Å². The van der Waals surface area contributed by atoms with Crippen molar-refractivity contribution >= 4 is 38.1 Å². The van der Waals surface area contributed by atoms with Gasteiger partial charge in [-0.15, -0.1) is 10.2 Å². The summed E-state index contributed by atoms with van der Waals surface area (Å²) in [6.07, 6.45) is -4.45. The number of hydrogen-bond acceptors (Lipinski definition) is 7. The first-order chi connectivity index (χ1) is 16.0. The molecular formula is C21H20F3N5O3S2. The highest BCUT2D eigenvalue weighted by atomic mass is 32.2. The van der Waals surface area contributed by atoms with Gasteiger partial charge in [-0.2, -0.15) is 17.5 Å².